The summed E-state index contributed by atoms with van der Waals surface area (Å²) in [5.74, 6) is 0.146. The van der Waals surface area contributed by atoms with Crippen LogP contribution in [0.25, 0.3) is 6.08 Å². The number of esters is 1. The molecule has 1 aliphatic rings. The molecule has 0 N–H and O–H groups in total. The summed E-state index contributed by atoms with van der Waals surface area (Å²) in [4.78, 5) is 23.2. The number of hydrogen-bond donors (Lipinski definition) is 0. The minimum Gasteiger partial charge on any atom is -0.462 e. The van der Waals surface area contributed by atoms with Gasteiger partial charge in [-0.2, -0.15) is 0 Å². The van der Waals surface area contributed by atoms with E-state index in [4.69, 9.17) is 14.2 Å². The van der Waals surface area contributed by atoms with E-state index in [-0.39, 0.29) is 24.8 Å². The van der Waals surface area contributed by atoms with Gasteiger partial charge in [-0.05, 0) is 26.0 Å². The van der Waals surface area contributed by atoms with Crippen molar-refractivity contribution in [3.05, 3.63) is 29.3 Å². The molecule has 0 atom stereocenters. The van der Waals surface area contributed by atoms with E-state index >= 15 is 0 Å². The van der Waals surface area contributed by atoms with Gasteiger partial charge in [0.2, 0.25) is 6.79 Å². The number of Topliss-reactive ketones (excluding diaryl/α,β-unsaturated/α-hetero) is 1. The second-order valence-corrected chi connectivity index (χ2v) is 3.92. The monoisotopic (exact) mass is 262 g/mol. The Labute approximate surface area is 110 Å². The van der Waals surface area contributed by atoms with Crippen LogP contribution in [0.3, 0.4) is 0 Å². The standard InChI is InChI=1S/C14H14O5/c1-3-17-14(16)11(9(2)15)7-10-5-4-6-12-13(10)19-8-18-12/h4-7H,3,8H2,1-2H3. The number of carbonyl (C=O) groups excluding carboxylic acids is 2. The summed E-state index contributed by atoms with van der Waals surface area (Å²) in [6, 6.07) is 5.27. The van der Waals surface area contributed by atoms with E-state index in [0.717, 1.165) is 0 Å². The zero-order chi connectivity index (χ0) is 13.8. The van der Waals surface area contributed by atoms with Crippen LogP contribution in [0.2, 0.25) is 0 Å². The van der Waals surface area contributed by atoms with Crippen molar-refractivity contribution in [2.75, 3.05) is 13.4 Å². The van der Waals surface area contributed by atoms with Crippen molar-refractivity contribution < 1.29 is 23.8 Å². The van der Waals surface area contributed by atoms with E-state index in [1.165, 1.54) is 13.0 Å². The van der Waals surface area contributed by atoms with Crippen molar-refractivity contribution in [2.45, 2.75) is 13.8 Å². The van der Waals surface area contributed by atoms with Gasteiger partial charge in [-0.1, -0.05) is 12.1 Å². The number of carbonyl (C=O) groups is 2. The molecule has 0 saturated carbocycles. The van der Waals surface area contributed by atoms with Gasteiger partial charge in [-0.25, -0.2) is 4.79 Å². The summed E-state index contributed by atoms with van der Waals surface area (Å²) in [6.45, 7) is 3.36. The van der Waals surface area contributed by atoms with Crippen LogP contribution in [-0.4, -0.2) is 25.2 Å². The van der Waals surface area contributed by atoms with Crippen molar-refractivity contribution in [3.63, 3.8) is 0 Å². The first kappa shape index (κ1) is 13.1. The molecule has 0 aliphatic carbocycles. The highest BCUT2D eigenvalue weighted by Gasteiger charge is 2.20. The Morgan fingerprint density at radius 1 is 1.37 bits per heavy atom. The van der Waals surface area contributed by atoms with Gasteiger partial charge in [-0.15, -0.1) is 0 Å². The maximum Gasteiger partial charge on any atom is 0.341 e. The van der Waals surface area contributed by atoms with Crippen molar-refractivity contribution in [1.82, 2.24) is 0 Å². The van der Waals surface area contributed by atoms with Gasteiger partial charge in [0.25, 0.3) is 0 Å². The summed E-state index contributed by atoms with van der Waals surface area (Å²) in [7, 11) is 0. The van der Waals surface area contributed by atoms with Crippen LogP contribution in [0, 0.1) is 0 Å². The van der Waals surface area contributed by atoms with Gasteiger partial charge in [0.15, 0.2) is 17.3 Å². The Balaban J connectivity index is 2.40. The van der Waals surface area contributed by atoms with Gasteiger partial charge in [0.1, 0.15) is 5.57 Å². The van der Waals surface area contributed by atoms with Crippen LogP contribution in [0.1, 0.15) is 19.4 Å². The normalized spacial score (nSPS) is 13.3. The van der Waals surface area contributed by atoms with Crippen molar-refractivity contribution in [2.24, 2.45) is 0 Å². The minimum atomic E-state index is -0.633. The second-order valence-electron chi connectivity index (χ2n) is 3.92. The fraction of sp³-hybridized carbons (Fsp3) is 0.286. The molecule has 0 bridgehead atoms. The number of fused-ring (bicyclic) bond motifs is 1. The van der Waals surface area contributed by atoms with Crippen molar-refractivity contribution >= 4 is 17.8 Å². The number of ether oxygens (including phenoxy) is 3. The zero-order valence-corrected chi connectivity index (χ0v) is 10.8. The maximum absolute atomic E-state index is 11.7. The highest BCUT2D eigenvalue weighted by molar-refractivity contribution is 6.20. The molecule has 0 radical (unpaired) electrons. The van der Waals surface area contributed by atoms with E-state index in [1.54, 1.807) is 25.1 Å². The molecule has 0 fully saturated rings. The molecule has 1 heterocycles. The Hall–Kier alpha value is -2.30. The average Bonchev–Trinajstić information content (AvgIpc) is 2.84. The number of ketones is 1. The van der Waals surface area contributed by atoms with Gasteiger partial charge in [0, 0.05) is 5.56 Å². The van der Waals surface area contributed by atoms with Crippen LogP contribution < -0.4 is 9.47 Å². The Kier molecular flexibility index (Phi) is 3.85. The molecule has 0 spiro atoms. The highest BCUT2D eigenvalue weighted by atomic mass is 16.7. The van der Waals surface area contributed by atoms with Crippen LogP contribution in [0.4, 0.5) is 0 Å². The minimum absolute atomic E-state index is 0.00856. The molecule has 5 heteroatoms. The first-order valence-electron chi connectivity index (χ1n) is 5.92. The molecule has 1 aromatic rings. The predicted molar refractivity (Wildman–Crippen MR) is 67.9 cm³/mol. The smallest absolute Gasteiger partial charge is 0.341 e. The highest BCUT2D eigenvalue weighted by Crippen LogP contribution is 2.36. The lowest BCUT2D eigenvalue weighted by Crippen LogP contribution is -2.13. The molecule has 2 rings (SSSR count). The summed E-state index contributed by atoms with van der Waals surface area (Å²) >= 11 is 0. The topological polar surface area (TPSA) is 61.8 Å². The summed E-state index contributed by atoms with van der Waals surface area (Å²) in [6.07, 6.45) is 1.47. The first-order chi connectivity index (χ1) is 9.13. The van der Waals surface area contributed by atoms with E-state index in [2.05, 4.69) is 0 Å². The van der Waals surface area contributed by atoms with E-state index in [9.17, 15) is 9.59 Å². The largest absolute Gasteiger partial charge is 0.462 e. The Bertz CT molecular complexity index is 545. The summed E-state index contributed by atoms with van der Waals surface area (Å²) < 4.78 is 15.4. The molecular weight excluding hydrogens is 248 g/mol. The van der Waals surface area contributed by atoms with Gasteiger partial charge in [0.05, 0.1) is 6.61 Å². The van der Waals surface area contributed by atoms with Gasteiger partial charge < -0.3 is 14.2 Å². The summed E-state index contributed by atoms with van der Waals surface area (Å²) in [5, 5.41) is 0. The van der Waals surface area contributed by atoms with Crippen molar-refractivity contribution in [1.29, 1.82) is 0 Å². The molecular formula is C14H14O5. The molecule has 1 aromatic carbocycles. The van der Waals surface area contributed by atoms with E-state index in [1.807, 2.05) is 0 Å². The van der Waals surface area contributed by atoms with Gasteiger partial charge >= 0.3 is 5.97 Å². The number of hydrogen-bond acceptors (Lipinski definition) is 5. The van der Waals surface area contributed by atoms with Crippen LogP contribution in [-0.2, 0) is 14.3 Å². The first-order valence-corrected chi connectivity index (χ1v) is 5.92. The Morgan fingerprint density at radius 3 is 2.84 bits per heavy atom. The third-order valence-electron chi connectivity index (χ3n) is 2.60. The lowest BCUT2D eigenvalue weighted by atomic mass is 10.1. The lowest BCUT2D eigenvalue weighted by molar-refractivity contribution is -0.139. The van der Waals surface area contributed by atoms with Crippen LogP contribution >= 0.6 is 0 Å². The average molecular weight is 262 g/mol. The maximum atomic E-state index is 11.7. The molecule has 19 heavy (non-hydrogen) atoms. The zero-order valence-electron chi connectivity index (χ0n) is 10.8. The quantitative estimate of drug-likeness (QED) is 0.359. The fourth-order valence-electron chi connectivity index (χ4n) is 1.74. The SMILES string of the molecule is CCOC(=O)C(=Cc1cccc2c1OCO2)C(C)=O. The molecule has 0 amide bonds. The number of rotatable bonds is 4. The molecule has 0 aromatic heterocycles. The molecule has 5 nitrogen and oxygen atoms in total. The van der Waals surface area contributed by atoms with Crippen molar-refractivity contribution in [3.8, 4) is 11.5 Å². The third-order valence-corrected chi connectivity index (χ3v) is 2.60. The number of benzene rings is 1. The second kappa shape index (κ2) is 5.56. The molecule has 100 valence electrons. The molecule has 0 unspecified atom stereocenters. The number of para-hydroxylation sites is 1. The summed E-state index contributed by atoms with van der Waals surface area (Å²) in [5.41, 5.74) is 0.610. The van der Waals surface area contributed by atoms with Crippen LogP contribution in [0.15, 0.2) is 23.8 Å². The fourth-order valence-corrected chi connectivity index (χ4v) is 1.74. The van der Waals surface area contributed by atoms with Crippen LogP contribution in [0.5, 0.6) is 11.5 Å². The third kappa shape index (κ3) is 2.76. The van der Waals surface area contributed by atoms with E-state index in [0.29, 0.717) is 17.1 Å². The lowest BCUT2D eigenvalue weighted by Gasteiger charge is -2.05. The molecule has 0 saturated heterocycles. The molecule has 1 aliphatic heterocycles. The Morgan fingerprint density at radius 2 is 2.16 bits per heavy atom. The van der Waals surface area contributed by atoms with E-state index < -0.39 is 5.97 Å². The van der Waals surface area contributed by atoms with Gasteiger partial charge in [-0.3, -0.25) is 4.79 Å². The predicted octanol–water partition coefficient (Wildman–Crippen LogP) is 1.95.